The number of hydrogen-bond donors (Lipinski definition) is 3. The second-order valence-corrected chi connectivity index (χ2v) is 27.9. The molecule has 0 radical (unpaired) electrons. The van der Waals surface area contributed by atoms with Crippen LogP contribution in [0.3, 0.4) is 0 Å². The number of hydrogen-bond acceptors (Lipinski definition) is 3. The Hall–Kier alpha value is -2.45. The Balaban J connectivity index is 0.00000208. The number of carbonyl (C=O) groups is 2. The zero-order chi connectivity index (χ0) is 39.6. The van der Waals surface area contributed by atoms with Crippen molar-refractivity contribution in [1.82, 2.24) is 16.0 Å². The van der Waals surface area contributed by atoms with Crippen LogP contribution in [0.15, 0.2) is 70.8 Å². The van der Waals surface area contributed by atoms with Crippen molar-refractivity contribution in [3.63, 3.8) is 0 Å². The van der Waals surface area contributed by atoms with Crippen molar-refractivity contribution in [1.29, 1.82) is 0 Å². The van der Waals surface area contributed by atoms with E-state index < -0.39 is 16.1 Å². The van der Waals surface area contributed by atoms with Gasteiger partial charge in [-0.2, -0.15) is 0 Å². The van der Waals surface area contributed by atoms with E-state index in [2.05, 4.69) is 149 Å². The Kier molecular flexibility index (Phi) is 20.4. The summed E-state index contributed by atoms with van der Waals surface area (Å²) in [6.45, 7) is 44.0. The van der Waals surface area contributed by atoms with Crippen molar-refractivity contribution in [2.24, 2.45) is 0 Å². The first-order chi connectivity index (χ1) is 23.2. The second kappa shape index (κ2) is 21.4. The van der Waals surface area contributed by atoms with Gasteiger partial charge >= 0.3 is 21.7 Å². The van der Waals surface area contributed by atoms with Gasteiger partial charge in [0.25, 0.3) is 11.8 Å². The largest absolute Gasteiger partial charge is 2.00 e. The Labute approximate surface area is 336 Å². The van der Waals surface area contributed by atoms with Crippen molar-refractivity contribution < 1.29 is 31.3 Å². The quantitative estimate of drug-likeness (QED) is 0.185. The van der Waals surface area contributed by atoms with Gasteiger partial charge in [0, 0.05) is 34.6 Å². The average molecular weight is 778 g/mol. The molecule has 0 saturated heterocycles. The molecule has 0 bridgehead atoms. The van der Waals surface area contributed by atoms with E-state index in [4.69, 9.17) is 0 Å². The maximum atomic E-state index is 13.7. The number of rotatable bonds is 8. The molecule has 0 atom stereocenters. The standard InChI is InChI=1S/C36H49N3O2.2C4H11Si.Ti/c1-20(2)27-14-12-15-28(21(3)4)33(27)35(40)37-25(10)31-18-24(9)19-32(39-31)26(11)38-36(41)34-29(22(5)6)16-13-17-30(34)23(7)8;2*1-5(2,3)4;/h12-18,20-23,39H,19H2,1-11H3,(H,37,40)(H,38,41);2*1H2,2-4H3;/q;2*-1;+2. The first kappa shape index (κ1) is 49.5. The Morgan fingerprint density at radius 3 is 1.21 bits per heavy atom. The van der Waals surface area contributed by atoms with Crippen LogP contribution in [0.25, 0.3) is 0 Å². The van der Waals surface area contributed by atoms with Crippen LogP contribution >= 0.6 is 0 Å². The van der Waals surface area contributed by atoms with Crippen molar-refractivity contribution in [2.75, 3.05) is 0 Å². The molecule has 3 N–H and O–H groups in total. The Morgan fingerprint density at radius 1 is 0.635 bits per heavy atom. The molecule has 286 valence electrons. The fourth-order valence-corrected chi connectivity index (χ4v) is 5.48. The van der Waals surface area contributed by atoms with Gasteiger partial charge in [0.15, 0.2) is 0 Å². The summed E-state index contributed by atoms with van der Waals surface area (Å²) in [6, 6.07) is 12.3. The van der Waals surface area contributed by atoms with E-state index in [0.717, 1.165) is 61.7 Å². The molecule has 0 fully saturated rings. The van der Waals surface area contributed by atoms with Crippen LogP contribution in [0.2, 0.25) is 39.3 Å². The van der Waals surface area contributed by atoms with Crippen molar-refractivity contribution in [3.8, 4) is 0 Å². The molecule has 52 heavy (non-hydrogen) atoms. The molecular weight excluding hydrogens is 707 g/mol. The summed E-state index contributed by atoms with van der Waals surface area (Å²) in [5.74, 6) is 0.754. The molecule has 0 aliphatic carbocycles. The van der Waals surface area contributed by atoms with Gasteiger partial charge in [0.05, 0.1) is 5.70 Å². The third-order valence-electron chi connectivity index (χ3n) is 7.79. The maximum Gasteiger partial charge on any atom is 2.00 e. The number of amides is 2. The number of carbonyl (C=O) groups excluding carboxylic acids is 2. The monoisotopic (exact) mass is 777 g/mol. The summed E-state index contributed by atoms with van der Waals surface area (Å²) in [6.07, 6.45) is 2.75. The third-order valence-corrected chi connectivity index (χ3v) is 7.79. The summed E-state index contributed by atoms with van der Waals surface area (Å²) in [5.41, 5.74) is 10.2. The molecule has 2 aromatic rings. The van der Waals surface area contributed by atoms with Gasteiger partial charge in [-0.25, -0.2) is 0 Å². The van der Waals surface area contributed by atoms with Crippen molar-refractivity contribution in [3.05, 3.63) is 117 Å². The van der Waals surface area contributed by atoms with E-state index in [1.165, 1.54) is 0 Å². The van der Waals surface area contributed by atoms with E-state index in [1.807, 2.05) is 38.1 Å². The first-order valence-electron chi connectivity index (χ1n) is 18.7. The topological polar surface area (TPSA) is 70.2 Å². The zero-order valence-corrected chi connectivity index (χ0v) is 39.4. The zero-order valence-electron chi connectivity index (χ0n) is 35.8. The van der Waals surface area contributed by atoms with Gasteiger partial charge in [-0.3, -0.25) is 9.59 Å². The van der Waals surface area contributed by atoms with Crippen LogP contribution in [0.1, 0.15) is 149 Å². The van der Waals surface area contributed by atoms with Gasteiger partial charge in [-0.1, -0.05) is 137 Å². The number of allylic oxidation sites excluding steroid dienone is 4. The molecule has 0 unspecified atom stereocenters. The predicted octanol–water partition coefficient (Wildman–Crippen LogP) is 12.1. The van der Waals surface area contributed by atoms with E-state index >= 15 is 0 Å². The van der Waals surface area contributed by atoms with Crippen LogP contribution in [-0.4, -0.2) is 28.0 Å². The maximum absolute atomic E-state index is 13.7. The normalized spacial score (nSPS) is 15.0. The molecule has 0 spiro atoms. The molecule has 2 aromatic carbocycles. The molecule has 1 heterocycles. The molecule has 2 amide bonds. The van der Waals surface area contributed by atoms with E-state index in [-0.39, 0.29) is 57.2 Å². The fraction of sp³-hybridized carbons (Fsp3) is 0.500. The Bertz CT molecular complexity index is 1530. The SMILES string of the molecule is CC1=CC(=C(C)NC(=O)c2c(C(C)C)cccc2C(C)C)NC(=C(C)NC(=O)c2c(C(C)C)cccc2C(C)C)C1.[CH2-][Si](C)(C)C.[CH2-][Si](C)(C)C.[Ti+2]. The summed E-state index contributed by atoms with van der Waals surface area (Å²) in [4.78, 5) is 27.3. The van der Waals surface area contributed by atoms with Crippen LogP contribution in [0.5, 0.6) is 0 Å². The first-order valence-corrected chi connectivity index (χ1v) is 26.1. The van der Waals surface area contributed by atoms with Gasteiger partial charge in [-0.15, -0.1) is 16.1 Å². The van der Waals surface area contributed by atoms with Gasteiger partial charge in [0.2, 0.25) is 0 Å². The molecule has 5 nitrogen and oxygen atoms in total. The summed E-state index contributed by atoms with van der Waals surface area (Å²) in [5, 5.41) is 9.85. The van der Waals surface area contributed by atoms with E-state index in [9.17, 15) is 9.59 Å². The molecule has 0 saturated carbocycles. The van der Waals surface area contributed by atoms with Crippen LogP contribution in [0.4, 0.5) is 0 Å². The van der Waals surface area contributed by atoms with Gasteiger partial charge in [0.1, 0.15) is 0 Å². The van der Waals surface area contributed by atoms with Crippen LogP contribution in [-0.2, 0) is 21.7 Å². The number of benzene rings is 2. The van der Waals surface area contributed by atoms with Gasteiger partial charge < -0.3 is 29.0 Å². The van der Waals surface area contributed by atoms with Crippen molar-refractivity contribution in [2.45, 2.75) is 146 Å². The average Bonchev–Trinajstić information content (AvgIpc) is 2.97. The predicted molar refractivity (Wildman–Crippen MR) is 228 cm³/mol. The van der Waals surface area contributed by atoms with Crippen LogP contribution < -0.4 is 16.0 Å². The molecule has 0 aromatic heterocycles. The fourth-order valence-electron chi connectivity index (χ4n) is 5.48. The number of nitrogens with one attached hydrogen (secondary N) is 3. The second-order valence-electron chi connectivity index (χ2n) is 17.7. The van der Waals surface area contributed by atoms with Crippen LogP contribution in [0, 0.1) is 13.1 Å². The minimum atomic E-state index is -0.861. The molecule has 8 heteroatoms. The molecular formula is C44H71N3O2Si2Ti. The molecule has 1 aliphatic rings. The minimum absolute atomic E-state index is 0. The summed E-state index contributed by atoms with van der Waals surface area (Å²) < 4.78 is 0. The summed E-state index contributed by atoms with van der Waals surface area (Å²) >= 11 is 0. The summed E-state index contributed by atoms with van der Waals surface area (Å²) in [7, 11) is -1.72. The third kappa shape index (κ3) is 17.1. The van der Waals surface area contributed by atoms with E-state index in [0.29, 0.717) is 6.42 Å². The molecule has 1 aliphatic heterocycles. The van der Waals surface area contributed by atoms with Gasteiger partial charge in [-0.05, 0) is 72.8 Å². The smallest absolute Gasteiger partial charge is 0.356 e. The minimum Gasteiger partial charge on any atom is -0.356 e. The van der Waals surface area contributed by atoms with E-state index in [1.54, 1.807) is 0 Å². The van der Waals surface area contributed by atoms with Crippen molar-refractivity contribution >= 4 is 28.0 Å². The Morgan fingerprint density at radius 2 is 0.923 bits per heavy atom. The molecule has 3 rings (SSSR count).